The molecule has 0 spiro atoms. The smallest absolute Gasteiger partial charge is 0.0364 e. The highest BCUT2D eigenvalue weighted by Crippen LogP contribution is 2.53. The summed E-state index contributed by atoms with van der Waals surface area (Å²) in [6.07, 6.45) is 7.71. The van der Waals surface area contributed by atoms with Gasteiger partial charge in [-0.15, -0.1) is 12.3 Å². The summed E-state index contributed by atoms with van der Waals surface area (Å²) in [5.41, 5.74) is 7.92. The Labute approximate surface area is 212 Å². The summed E-state index contributed by atoms with van der Waals surface area (Å²) in [5.74, 6) is 3.57. The molecule has 6 aromatic rings. The minimum absolute atomic E-state index is 0.242. The predicted molar refractivity (Wildman–Crippen MR) is 154 cm³/mol. The lowest BCUT2D eigenvalue weighted by Crippen LogP contribution is -2.28. The van der Waals surface area contributed by atoms with Crippen molar-refractivity contribution in [2.75, 3.05) is 0 Å². The van der Waals surface area contributed by atoms with E-state index in [1.165, 1.54) is 65.7 Å². The molecule has 1 aliphatic carbocycles. The number of fused-ring (bicyclic) bond motifs is 3. The molecule has 0 aliphatic heterocycles. The molecule has 0 N–H and O–H groups in total. The summed E-state index contributed by atoms with van der Waals surface area (Å²) < 4.78 is 0. The maximum Gasteiger partial charge on any atom is 0.0364 e. The largest absolute Gasteiger partial charge is 0.120 e. The first-order valence-corrected chi connectivity index (χ1v) is 12.9. The Morgan fingerprint density at radius 3 is 2.17 bits per heavy atom. The SMILES string of the molecule is C#CCC1(Cc2ccc3ccc4cccc5ccc2c3c45)c2ccccc2-c2ccc(C(C)C)cc21. The van der Waals surface area contributed by atoms with Gasteiger partial charge < -0.3 is 0 Å². The third-order valence-electron chi connectivity index (χ3n) is 8.47. The topological polar surface area (TPSA) is 0 Å². The van der Waals surface area contributed by atoms with E-state index in [0.717, 1.165) is 6.42 Å². The fraction of sp³-hybridized carbons (Fsp3) is 0.167. The lowest BCUT2D eigenvalue weighted by atomic mass is 9.70. The van der Waals surface area contributed by atoms with Gasteiger partial charge in [0, 0.05) is 11.8 Å². The van der Waals surface area contributed by atoms with Crippen molar-refractivity contribution >= 4 is 32.3 Å². The van der Waals surface area contributed by atoms with E-state index in [2.05, 4.69) is 117 Å². The Kier molecular flexibility index (Phi) is 4.54. The second-order valence-electron chi connectivity index (χ2n) is 10.7. The summed E-state index contributed by atoms with van der Waals surface area (Å²) in [5, 5.41) is 8.01. The molecule has 7 rings (SSSR count). The lowest BCUT2D eigenvalue weighted by molar-refractivity contribution is 0.540. The Morgan fingerprint density at radius 2 is 1.39 bits per heavy atom. The summed E-state index contributed by atoms with van der Waals surface area (Å²) in [7, 11) is 0. The molecular formula is C36H28. The van der Waals surface area contributed by atoms with Gasteiger partial charge in [-0.1, -0.05) is 111 Å². The van der Waals surface area contributed by atoms with Crippen molar-refractivity contribution in [3.63, 3.8) is 0 Å². The quantitative estimate of drug-likeness (QED) is 0.182. The standard InChI is InChI=1S/C36H28/c1-4-20-36(32-11-6-5-10-30(32)31-19-17-27(23(2)3)21-33(31)36)22-28-15-14-26-13-12-24-8-7-9-25-16-18-29(28)35(26)34(24)25/h1,5-19,21,23H,20,22H2,2-3H3. The second-order valence-corrected chi connectivity index (χ2v) is 10.7. The third kappa shape index (κ3) is 2.84. The second kappa shape index (κ2) is 7.71. The van der Waals surface area contributed by atoms with Gasteiger partial charge in [0.05, 0.1) is 0 Å². The summed E-state index contributed by atoms with van der Waals surface area (Å²) in [6.45, 7) is 4.54. The van der Waals surface area contributed by atoms with Crippen LogP contribution in [0.1, 0.15) is 48.4 Å². The first kappa shape index (κ1) is 21.2. The van der Waals surface area contributed by atoms with E-state index in [-0.39, 0.29) is 5.41 Å². The van der Waals surface area contributed by atoms with Crippen molar-refractivity contribution in [3.8, 4) is 23.5 Å². The molecule has 1 aliphatic rings. The van der Waals surface area contributed by atoms with Crippen molar-refractivity contribution in [3.05, 3.63) is 119 Å². The van der Waals surface area contributed by atoms with Crippen molar-refractivity contribution in [2.45, 2.75) is 38.0 Å². The third-order valence-corrected chi connectivity index (χ3v) is 8.47. The van der Waals surface area contributed by atoms with Crippen molar-refractivity contribution < 1.29 is 0 Å². The molecule has 0 heterocycles. The molecule has 0 nitrogen and oxygen atoms in total. The number of rotatable bonds is 4. The Morgan fingerprint density at radius 1 is 0.694 bits per heavy atom. The monoisotopic (exact) mass is 460 g/mol. The van der Waals surface area contributed by atoms with Crippen molar-refractivity contribution in [2.24, 2.45) is 0 Å². The van der Waals surface area contributed by atoms with Crippen LogP contribution < -0.4 is 0 Å². The minimum Gasteiger partial charge on any atom is -0.120 e. The van der Waals surface area contributed by atoms with E-state index < -0.39 is 0 Å². The van der Waals surface area contributed by atoms with Crippen LogP contribution in [-0.4, -0.2) is 0 Å². The van der Waals surface area contributed by atoms with E-state index in [0.29, 0.717) is 12.3 Å². The van der Waals surface area contributed by atoms with Gasteiger partial charge in [-0.05, 0) is 78.0 Å². The zero-order valence-corrected chi connectivity index (χ0v) is 20.8. The van der Waals surface area contributed by atoms with E-state index in [4.69, 9.17) is 6.42 Å². The van der Waals surface area contributed by atoms with E-state index >= 15 is 0 Å². The molecular weight excluding hydrogens is 432 g/mol. The average Bonchev–Trinajstić information content (AvgIpc) is 3.17. The zero-order valence-electron chi connectivity index (χ0n) is 20.8. The first-order chi connectivity index (χ1) is 17.6. The van der Waals surface area contributed by atoms with Crippen LogP contribution in [0, 0.1) is 12.3 Å². The Hall–Kier alpha value is -4.08. The zero-order chi connectivity index (χ0) is 24.4. The fourth-order valence-electron chi connectivity index (χ4n) is 6.72. The minimum atomic E-state index is -0.242. The molecule has 0 heteroatoms. The first-order valence-electron chi connectivity index (χ1n) is 12.9. The molecule has 0 fully saturated rings. The van der Waals surface area contributed by atoms with Crippen molar-refractivity contribution in [1.29, 1.82) is 0 Å². The van der Waals surface area contributed by atoms with Crippen LogP contribution in [0.5, 0.6) is 0 Å². The van der Waals surface area contributed by atoms with Crippen LogP contribution in [-0.2, 0) is 11.8 Å². The molecule has 0 radical (unpaired) electrons. The normalized spacial score (nSPS) is 16.6. The maximum atomic E-state index is 6.14. The van der Waals surface area contributed by atoms with Crippen LogP contribution in [0.3, 0.4) is 0 Å². The van der Waals surface area contributed by atoms with Crippen LogP contribution >= 0.6 is 0 Å². The number of terminal acetylenes is 1. The molecule has 6 aromatic carbocycles. The van der Waals surface area contributed by atoms with Gasteiger partial charge in [-0.2, -0.15) is 0 Å². The number of hydrogen-bond donors (Lipinski definition) is 0. The van der Waals surface area contributed by atoms with Gasteiger partial charge in [0.25, 0.3) is 0 Å². The molecule has 0 aromatic heterocycles. The molecule has 0 bridgehead atoms. The number of hydrogen-bond acceptors (Lipinski definition) is 0. The molecule has 1 unspecified atom stereocenters. The molecule has 0 amide bonds. The van der Waals surface area contributed by atoms with Crippen LogP contribution in [0.2, 0.25) is 0 Å². The number of benzene rings is 6. The van der Waals surface area contributed by atoms with E-state index in [1.807, 2.05) is 0 Å². The highest BCUT2D eigenvalue weighted by atomic mass is 14.4. The van der Waals surface area contributed by atoms with Crippen LogP contribution in [0.4, 0.5) is 0 Å². The van der Waals surface area contributed by atoms with Gasteiger partial charge in [0.2, 0.25) is 0 Å². The highest BCUT2D eigenvalue weighted by Gasteiger charge is 2.43. The Bertz CT molecular complexity index is 1810. The van der Waals surface area contributed by atoms with Crippen molar-refractivity contribution in [1.82, 2.24) is 0 Å². The van der Waals surface area contributed by atoms with Gasteiger partial charge in [-0.25, -0.2) is 0 Å². The van der Waals surface area contributed by atoms with Gasteiger partial charge >= 0.3 is 0 Å². The maximum absolute atomic E-state index is 6.14. The van der Waals surface area contributed by atoms with Gasteiger partial charge in [0.15, 0.2) is 0 Å². The molecule has 0 saturated heterocycles. The van der Waals surface area contributed by atoms with E-state index in [1.54, 1.807) is 0 Å². The summed E-state index contributed by atoms with van der Waals surface area (Å²) in [4.78, 5) is 0. The van der Waals surface area contributed by atoms with Crippen LogP contribution in [0.25, 0.3) is 43.4 Å². The average molecular weight is 461 g/mol. The summed E-state index contributed by atoms with van der Waals surface area (Å²) in [6, 6.07) is 36.3. The summed E-state index contributed by atoms with van der Waals surface area (Å²) >= 11 is 0. The molecule has 1 atom stereocenters. The van der Waals surface area contributed by atoms with Gasteiger partial charge in [0.1, 0.15) is 0 Å². The van der Waals surface area contributed by atoms with Gasteiger partial charge in [-0.3, -0.25) is 0 Å². The van der Waals surface area contributed by atoms with Crippen LogP contribution in [0.15, 0.2) is 97.1 Å². The Balaban J connectivity index is 1.52. The highest BCUT2D eigenvalue weighted by molar-refractivity contribution is 6.23. The predicted octanol–water partition coefficient (Wildman–Crippen LogP) is 9.24. The molecule has 36 heavy (non-hydrogen) atoms. The lowest BCUT2D eigenvalue weighted by Gasteiger charge is -2.32. The molecule has 0 saturated carbocycles. The van der Waals surface area contributed by atoms with E-state index in [9.17, 15) is 0 Å². The molecule has 172 valence electrons. The fourth-order valence-corrected chi connectivity index (χ4v) is 6.72.